The molecule has 8 heteroatoms. The summed E-state index contributed by atoms with van der Waals surface area (Å²) >= 11 is 1.34. The van der Waals surface area contributed by atoms with Crippen LogP contribution in [0.2, 0.25) is 0 Å². The molecule has 7 nitrogen and oxygen atoms in total. The number of benzene rings is 2. The fourth-order valence-electron chi connectivity index (χ4n) is 3.80. The predicted octanol–water partition coefficient (Wildman–Crippen LogP) is 5.04. The normalized spacial score (nSPS) is 11.2. The molecule has 0 saturated heterocycles. The molecule has 2 aromatic heterocycles. The van der Waals surface area contributed by atoms with Crippen LogP contribution in [0.4, 0.5) is 5.13 Å². The summed E-state index contributed by atoms with van der Waals surface area (Å²) in [5.41, 5.74) is 12.0. The summed E-state index contributed by atoms with van der Waals surface area (Å²) in [5.74, 6) is -0.658. The summed E-state index contributed by atoms with van der Waals surface area (Å²) in [7, 11) is 0. The lowest BCUT2D eigenvalue weighted by molar-refractivity contribution is -0.115. The van der Waals surface area contributed by atoms with E-state index in [2.05, 4.69) is 45.7 Å². The monoisotopic (exact) mass is 513 g/mol. The largest absolute Gasteiger partial charge is 0.343 e. The van der Waals surface area contributed by atoms with Crippen molar-refractivity contribution in [2.24, 2.45) is 5.73 Å². The third kappa shape index (κ3) is 6.47. The third-order valence-corrected chi connectivity index (χ3v) is 7.00. The number of nitrogens with one attached hydrogen (secondary N) is 2. The summed E-state index contributed by atoms with van der Waals surface area (Å²) in [5, 5.41) is 7.83. The smallest absolute Gasteiger partial charge is 0.251 e. The number of anilines is 1. The maximum Gasteiger partial charge on any atom is 0.251 e. The fraction of sp³-hybridized carbons (Fsp3) is 0.241. The minimum Gasteiger partial charge on any atom is -0.343 e. The van der Waals surface area contributed by atoms with Gasteiger partial charge in [-0.25, -0.2) is 4.98 Å². The van der Waals surface area contributed by atoms with Gasteiger partial charge in [0.1, 0.15) is 0 Å². The summed E-state index contributed by atoms with van der Waals surface area (Å²) in [4.78, 5) is 34.0. The van der Waals surface area contributed by atoms with E-state index < -0.39 is 0 Å². The van der Waals surface area contributed by atoms with Crippen LogP contribution < -0.4 is 16.4 Å². The molecule has 0 bridgehead atoms. The van der Waals surface area contributed by atoms with Crippen LogP contribution in [-0.4, -0.2) is 34.9 Å². The molecule has 0 unspecified atom stereocenters. The highest BCUT2D eigenvalue weighted by atomic mass is 32.1. The van der Waals surface area contributed by atoms with Crippen LogP contribution in [-0.2, 0) is 16.6 Å². The Morgan fingerprint density at radius 3 is 2.54 bits per heavy atom. The van der Waals surface area contributed by atoms with Crippen molar-refractivity contribution in [3.05, 3.63) is 89.1 Å². The van der Waals surface area contributed by atoms with Crippen LogP contribution in [0.25, 0.3) is 22.4 Å². The van der Waals surface area contributed by atoms with Gasteiger partial charge in [0.15, 0.2) is 5.13 Å². The van der Waals surface area contributed by atoms with Crippen molar-refractivity contribution in [3.63, 3.8) is 0 Å². The molecule has 0 saturated carbocycles. The van der Waals surface area contributed by atoms with Crippen LogP contribution in [0.1, 0.15) is 42.4 Å². The Labute approximate surface area is 221 Å². The molecular weight excluding hydrogens is 482 g/mol. The summed E-state index contributed by atoms with van der Waals surface area (Å²) < 4.78 is 0. The van der Waals surface area contributed by atoms with Gasteiger partial charge in [-0.1, -0.05) is 51.1 Å². The van der Waals surface area contributed by atoms with E-state index in [1.165, 1.54) is 11.3 Å². The number of rotatable bonds is 9. The van der Waals surface area contributed by atoms with Crippen molar-refractivity contribution in [1.82, 2.24) is 15.3 Å². The highest BCUT2D eigenvalue weighted by Gasteiger charge is 2.20. The Bertz CT molecular complexity index is 1410. The lowest BCUT2D eigenvalue weighted by atomic mass is 9.84. The molecular formula is C29H31N5O2S. The third-order valence-electron chi connectivity index (χ3n) is 6.25. The van der Waals surface area contributed by atoms with Crippen LogP contribution in [0.15, 0.2) is 72.2 Å². The van der Waals surface area contributed by atoms with Crippen LogP contribution in [0.3, 0.4) is 0 Å². The highest BCUT2D eigenvalue weighted by molar-refractivity contribution is 7.14. The van der Waals surface area contributed by atoms with Crippen molar-refractivity contribution in [1.29, 1.82) is 0 Å². The zero-order chi connectivity index (χ0) is 26.4. The maximum absolute atomic E-state index is 12.6. The molecule has 2 aromatic carbocycles. The van der Waals surface area contributed by atoms with E-state index in [-0.39, 0.29) is 23.8 Å². The van der Waals surface area contributed by atoms with Gasteiger partial charge in [-0.3, -0.25) is 14.6 Å². The van der Waals surface area contributed by atoms with E-state index in [1.807, 2.05) is 61.8 Å². The number of carbonyl (C=O) groups excluding carboxylic acids is 2. The van der Waals surface area contributed by atoms with E-state index in [9.17, 15) is 9.59 Å². The first-order valence-corrected chi connectivity index (χ1v) is 13.1. The topological polar surface area (TPSA) is 110 Å². The van der Waals surface area contributed by atoms with E-state index in [1.54, 1.807) is 6.07 Å². The first kappa shape index (κ1) is 26.2. The lowest BCUT2D eigenvalue weighted by Crippen LogP contribution is -2.33. The van der Waals surface area contributed by atoms with E-state index >= 15 is 0 Å². The van der Waals surface area contributed by atoms with Gasteiger partial charge in [0.2, 0.25) is 5.91 Å². The second kappa shape index (κ2) is 11.5. The molecule has 0 fully saturated rings. The average Bonchev–Trinajstić information content (AvgIpc) is 3.40. The standard InChI is InChI=1S/C29H31N5O2S/c1-4-24-15-20(11-12-31-24)19-7-5-8-21(13-19)25-17-37-28(33-25)34-26(35)16-32-27(36)22-9-6-10-23(14-22)29(2,3)18-30/h5-15,17H,4,16,18,30H2,1-3H3,(H,32,36)(H,33,34,35). The predicted molar refractivity (Wildman–Crippen MR) is 150 cm³/mol. The quantitative estimate of drug-likeness (QED) is 0.290. The van der Waals surface area contributed by atoms with Gasteiger partial charge >= 0.3 is 0 Å². The number of hydrogen-bond donors (Lipinski definition) is 3. The molecule has 37 heavy (non-hydrogen) atoms. The Balaban J connectivity index is 1.38. The number of carbonyl (C=O) groups is 2. The summed E-state index contributed by atoms with van der Waals surface area (Å²) in [6.45, 7) is 6.44. The molecule has 0 aliphatic heterocycles. The van der Waals surface area contributed by atoms with Crippen LogP contribution in [0, 0.1) is 0 Å². The maximum atomic E-state index is 12.6. The van der Waals surface area contributed by atoms with Gasteiger partial charge in [-0.15, -0.1) is 11.3 Å². The molecule has 0 atom stereocenters. The molecule has 4 N–H and O–H groups in total. The number of hydrogen-bond acceptors (Lipinski definition) is 6. The number of pyridine rings is 1. The minimum atomic E-state index is -0.342. The van der Waals surface area contributed by atoms with Crippen LogP contribution in [0.5, 0.6) is 0 Å². The van der Waals surface area contributed by atoms with Gasteiger partial charge in [0, 0.05) is 40.4 Å². The van der Waals surface area contributed by atoms with Crippen molar-refractivity contribution >= 4 is 28.3 Å². The molecule has 190 valence electrons. The summed E-state index contributed by atoms with van der Waals surface area (Å²) in [6, 6.07) is 19.5. The minimum absolute atomic E-state index is 0.157. The zero-order valence-electron chi connectivity index (χ0n) is 21.2. The molecule has 0 aliphatic rings. The Kier molecular flexibility index (Phi) is 8.11. The van der Waals surface area contributed by atoms with E-state index in [0.29, 0.717) is 17.2 Å². The Morgan fingerprint density at radius 1 is 1.00 bits per heavy atom. The molecule has 0 aliphatic carbocycles. The van der Waals surface area contributed by atoms with Crippen molar-refractivity contribution < 1.29 is 9.59 Å². The Morgan fingerprint density at radius 2 is 1.76 bits per heavy atom. The van der Waals surface area contributed by atoms with Gasteiger partial charge < -0.3 is 16.4 Å². The number of aryl methyl sites for hydroxylation is 1. The number of nitrogens with two attached hydrogens (primary N) is 1. The first-order valence-electron chi connectivity index (χ1n) is 12.2. The molecule has 2 heterocycles. The van der Waals surface area contributed by atoms with Crippen molar-refractivity contribution in [2.75, 3.05) is 18.4 Å². The molecule has 4 aromatic rings. The van der Waals surface area contributed by atoms with Crippen molar-refractivity contribution in [3.8, 4) is 22.4 Å². The molecule has 4 rings (SSSR count). The SMILES string of the molecule is CCc1cc(-c2cccc(-c3csc(NC(=O)CNC(=O)c4cccc(C(C)(C)CN)c4)n3)c2)ccn1. The highest BCUT2D eigenvalue weighted by Crippen LogP contribution is 2.29. The van der Waals surface area contributed by atoms with Gasteiger partial charge in [0.05, 0.1) is 12.2 Å². The van der Waals surface area contributed by atoms with Gasteiger partial charge in [-0.05, 0) is 53.4 Å². The molecule has 2 amide bonds. The number of nitrogens with zero attached hydrogens (tertiary/aromatic N) is 2. The van der Waals surface area contributed by atoms with Crippen LogP contribution >= 0.6 is 11.3 Å². The van der Waals surface area contributed by atoms with Crippen molar-refractivity contribution in [2.45, 2.75) is 32.6 Å². The number of aromatic nitrogens is 2. The van der Waals surface area contributed by atoms with E-state index in [0.717, 1.165) is 40.1 Å². The Hall–Kier alpha value is -3.88. The average molecular weight is 514 g/mol. The second-order valence-corrected chi connectivity index (χ2v) is 10.3. The number of thiazole rings is 1. The number of amides is 2. The second-order valence-electron chi connectivity index (χ2n) is 9.41. The zero-order valence-corrected chi connectivity index (χ0v) is 22.1. The molecule has 0 spiro atoms. The molecule has 0 radical (unpaired) electrons. The van der Waals surface area contributed by atoms with Gasteiger partial charge in [0.25, 0.3) is 5.91 Å². The van der Waals surface area contributed by atoms with E-state index in [4.69, 9.17) is 5.73 Å². The van der Waals surface area contributed by atoms with Gasteiger partial charge in [-0.2, -0.15) is 0 Å². The fourth-order valence-corrected chi connectivity index (χ4v) is 4.53. The first-order chi connectivity index (χ1) is 17.8. The lowest BCUT2D eigenvalue weighted by Gasteiger charge is -2.23. The summed E-state index contributed by atoms with van der Waals surface area (Å²) in [6.07, 6.45) is 2.70.